The van der Waals surface area contributed by atoms with E-state index in [9.17, 15) is 9.18 Å². The van der Waals surface area contributed by atoms with Crippen molar-refractivity contribution in [1.29, 1.82) is 0 Å². The Morgan fingerprint density at radius 3 is 2.64 bits per heavy atom. The van der Waals surface area contributed by atoms with Crippen molar-refractivity contribution in [3.8, 4) is 11.1 Å². The smallest absolute Gasteiger partial charge is 1.00 e. The topological polar surface area (TPSA) is 82.9 Å². The molecule has 148 valence electrons. The molecule has 0 radical (unpaired) electrons. The van der Waals surface area contributed by atoms with E-state index in [1.54, 1.807) is 12.1 Å². The Bertz CT molecular complexity index is 963. The van der Waals surface area contributed by atoms with Crippen LogP contribution in [0.2, 0.25) is 0 Å². The van der Waals surface area contributed by atoms with Crippen molar-refractivity contribution >= 4 is 16.8 Å². The lowest BCUT2D eigenvalue weighted by Gasteiger charge is -2.11. The molecule has 2 heterocycles. The molecule has 5 nitrogen and oxygen atoms in total. The van der Waals surface area contributed by atoms with Gasteiger partial charge in [0.1, 0.15) is 11.5 Å². The Kier molecular flexibility index (Phi) is 6.34. The minimum absolute atomic E-state index is 0. The van der Waals surface area contributed by atoms with Crippen LogP contribution in [0.5, 0.6) is 0 Å². The zero-order valence-corrected chi connectivity index (χ0v) is 16.1. The molecule has 0 unspecified atom stereocenters. The molecule has 2 aromatic carbocycles. The van der Waals surface area contributed by atoms with Crippen molar-refractivity contribution in [2.45, 2.75) is 12.5 Å². The summed E-state index contributed by atoms with van der Waals surface area (Å²) in [6.07, 6.45) is 0.991. The number of H-pyrrole nitrogens is 1. The average molecular weight is 403 g/mol. The van der Waals surface area contributed by atoms with Crippen molar-refractivity contribution in [3.63, 3.8) is 0 Å². The predicted octanol–water partition coefficient (Wildman–Crippen LogP) is -0.243. The second-order valence-corrected chi connectivity index (χ2v) is 7.14. The largest absolute Gasteiger partial charge is 1.00 e. The molecule has 0 aliphatic carbocycles. The highest BCUT2D eigenvalue weighted by molar-refractivity contribution is 5.98. The van der Waals surface area contributed by atoms with Crippen molar-refractivity contribution in [2.24, 2.45) is 11.7 Å². The zero-order valence-electron chi connectivity index (χ0n) is 16.3. The molecule has 7 heteroatoms. The van der Waals surface area contributed by atoms with Crippen LogP contribution in [0.4, 0.5) is 4.39 Å². The van der Waals surface area contributed by atoms with Crippen LogP contribution in [0.15, 0.2) is 48.5 Å². The summed E-state index contributed by atoms with van der Waals surface area (Å²) in [5.41, 5.74) is 9.02. The second-order valence-electron chi connectivity index (χ2n) is 7.14. The van der Waals surface area contributed by atoms with Gasteiger partial charge in [-0.15, -0.1) is 0 Å². The molecule has 0 bridgehead atoms. The Hall–Kier alpha value is -2.41. The fourth-order valence-corrected chi connectivity index (χ4v) is 3.62. The molecule has 1 fully saturated rings. The molecule has 1 amide bonds. The van der Waals surface area contributed by atoms with E-state index in [0.29, 0.717) is 24.7 Å². The summed E-state index contributed by atoms with van der Waals surface area (Å²) in [6, 6.07) is 14.4. The molecule has 2 atom stereocenters. The van der Waals surface area contributed by atoms with Gasteiger partial charge in [0.2, 0.25) is 0 Å². The van der Waals surface area contributed by atoms with Crippen molar-refractivity contribution in [2.75, 3.05) is 19.6 Å². The maximum Gasteiger partial charge on any atom is 1.00 e. The third-order valence-corrected chi connectivity index (χ3v) is 5.20. The SMILES string of the molecule is NC[C@H]1CN[C@H](CNC(=O)c2cc3ccc(-c4ccc(F)cc4)cc3[nH]2)C1.[Cl-].[H+]. The van der Waals surface area contributed by atoms with E-state index in [0.717, 1.165) is 35.0 Å². The Morgan fingerprint density at radius 1 is 1.18 bits per heavy atom. The van der Waals surface area contributed by atoms with E-state index in [-0.39, 0.29) is 31.6 Å². The van der Waals surface area contributed by atoms with Gasteiger partial charge in [0.05, 0.1) is 0 Å². The molecule has 3 aromatic rings. The van der Waals surface area contributed by atoms with Gasteiger partial charge in [-0.3, -0.25) is 4.79 Å². The van der Waals surface area contributed by atoms with Crippen LogP contribution in [0.1, 0.15) is 18.3 Å². The lowest BCUT2D eigenvalue weighted by molar-refractivity contribution is -0.0000143. The second kappa shape index (κ2) is 8.73. The van der Waals surface area contributed by atoms with E-state index < -0.39 is 0 Å². The Labute approximate surface area is 170 Å². The van der Waals surface area contributed by atoms with Crippen LogP contribution < -0.4 is 28.8 Å². The van der Waals surface area contributed by atoms with Gasteiger partial charge in [-0.1, -0.05) is 24.3 Å². The Balaban J connectivity index is 0.00000150. The van der Waals surface area contributed by atoms with Gasteiger partial charge < -0.3 is 33.8 Å². The standard InChI is InChI=1S/C21H23FN4O.ClH/c22-17-5-3-14(4-6-17)15-1-2-16-9-20(26-19(16)8-15)21(27)25-12-18-7-13(10-23)11-24-18;/h1-6,8-9,13,18,24,26H,7,10-12,23H2,(H,25,27);1H/t13-,18-;/m0./s1. The molecule has 0 spiro atoms. The fourth-order valence-electron chi connectivity index (χ4n) is 3.62. The third-order valence-electron chi connectivity index (χ3n) is 5.20. The van der Waals surface area contributed by atoms with Gasteiger partial charge in [-0.05, 0) is 60.8 Å². The summed E-state index contributed by atoms with van der Waals surface area (Å²) < 4.78 is 13.1. The molecule has 1 saturated heterocycles. The first kappa shape index (κ1) is 20.3. The monoisotopic (exact) mass is 402 g/mol. The number of nitrogens with two attached hydrogens (primary N) is 1. The Morgan fingerprint density at radius 2 is 1.93 bits per heavy atom. The van der Waals surface area contributed by atoms with Crippen LogP contribution in [0, 0.1) is 11.7 Å². The van der Waals surface area contributed by atoms with Crippen LogP contribution in [0.3, 0.4) is 0 Å². The van der Waals surface area contributed by atoms with E-state index in [2.05, 4.69) is 15.6 Å². The lowest BCUT2D eigenvalue weighted by Crippen LogP contribution is -3.00. The van der Waals surface area contributed by atoms with Crippen LogP contribution in [-0.4, -0.2) is 36.6 Å². The molecule has 1 aliphatic rings. The molecule has 28 heavy (non-hydrogen) atoms. The summed E-state index contributed by atoms with van der Waals surface area (Å²) >= 11 is 0. The van der Waals surface area contributed by atoms with Gasteiger partial charge in [-0.2, -0.15) is 0 Å². The maximum absolute atomic E-state index is 13.1. The van der Waals surface area contributed by atoms with Gasteiger partial charge in [0.15, 0.2) is 0 Å². The number of amides is 1. The molecule has 5 N–H and O–H groups in total. The zero-order chi connectivity index (χ0) is 18.8. The normalized spacial score (nSPS) is 18.8. The predicted molar refractivity (Wildman–Crippen MR) is 106 cm³/mol. The van der Waals surface area contributed by atoms with E-state index >= 15 is 0 Å². The highest BCUT2D eigenvalue weighted by Crippen LogP contribution is 2.25. The fraction of sp³-hybridized carbons (Fsp3) is 0.286. The van der Waals surface area contributed by atoms with E-state index in [1.165, 1.54) is 12.1 Å². The third kappa shape index (κ3) is 4.35. The van der Waals surface area contributed by atoms with Crippen LogP contribution in [0.25, 0.3) is 22.0 Å². The van der Waals surface area contributed by atoms with Crippen LogP contribution in [-0.2, 0) is 0 Å². The van der Waals surface area contributed by atoms with Gasteiger partial charge >= 0.3 is 1.43 Å². The maximum atomic E-state index is 13.1. The van der Waals surface area contributed by atoms with E-state index in [4.69, 9.17) is 5.73 Å². The molecule has 1 aromatic heterocycles. The summed E-state index contributed by atoms with van der Waals surface area (Å²) in [5, 5.41) is 7.34. The number of carbonyl (C=O) groups is 1. The number of benzene rings is 2. The number of hydrogen-bond acceptors (Lipinski definition) is 3. The van der Waals surface area contributed by atoms with Crippen molar-refractivity contribution in [1.82, 2.24) is 15.6 Å². The molecule has 0 saturated carbocycles. The number of carbonyl (C=O) groups excluding carboxylic acids is 1. The number of fused-ring (bicyclic) bond motifs is 1. The highest BCUT2D eigenvalue weighted by Gasteiger charge is 2.23. The summed E-state index contributed by atoms with van der Waals surface area (Å²) in [4.78, 5) is 15.7. The molecule has 1 aliphatic heterocycles. The number of rotatable bonds is 5. The van der Waals surface area contributed by atoms with Crippen molar-refractivity contribution < 1.29 is 23.0 Å². The minimum Gasteiger partial charge on any atom is -1.00 e. The first-order chi connectivity index (χ1) is 13.1. The van der Waals surface area contributed by atoms with Crippen molar-refractivity contribution in [3.05, 3.63) is 60.0 Å². The molecule has 4 rings (SSSR count). The number of hydrogen-bond donors (Lipinski definition) is 4. The number of halogens is 2. The highest BCUT2D eigenvalue weighted by atomic mass is 35.5. The molecular formula is C21H24ClFN4O. The summed E-state index contributed by atoms with van der Waals surface area (Å²) in [6.45, 7) is 2.18. The number of aromatic amines is 1. The molecular weight excluding hydrogens is 379 g/mol. The number of nitrogens with one attached hydrogen (secondary N) is 3. The van der Waals surface area contributed by atoms with Crippen LogP contribution >= 0.6 is 0 Å². The first-order valence-corrected chi connectivity index (χ1v) is 9.23. The quantitative estimate of drug-likeness (QED) is 0.475. The average Bonchev–Trinajstić information content (AvgIpc) is 3.32. The summed E-state index contributed by atoms with van der Waals surface area (Å²) in [7, 11) is 0. The van der Waals surface area contributed by atoms with Gasteiger partial charge in [0.25, 0.3) is 5.91 Å². The van der Waals surface area contributed by atoms with Gasteiger partial charge in [-0.25, -0.2) is 4.39 Å². The van der Waals surface area contributed by atoms with Gasteiger partial charge in [0, 0.05) is 23.5 Å². The lowest BCUT2D eigenvalue weighted by atomic mass is 10.0. The van der Waals surface area contributed by atoms with E-state index in [1.807, 2.05) is 24.3 Å². The minimum atomic E-state index is -0.256. The summed E-state index contributed by atoms with van der Waals surface area (Å²) in [5.74, 6) is 0.116. The first-order valence-electron chi connectivity index (χ1n) is 9.23. The number of aromatic nitrogens is 1.